The topological polar surface area (TPSA) is 54.0 Å². The van der Waals surface area contributed by atoms with Crippen LogP contribution >= 0.6 is 0 Å². The Hall–Kier alpha value is -2.95. The van der Waals surface area contributed by atoms with Crippen LogP contribution in [0.15, 0.2) is 30.3 Å². The van der Waals surface area contributed by atoms with Gasteiger partial charge in [-0.05, 0) is 55.7 Å². The molecular weight excluding hydrogens is 332 g/mol. The molecule has 5 heteroatoms. The molecule has 0 fully saturated rings. The maximum Gasteiger partial charge on any atom is 0.336 e. The van der Waals surface area contributed by atoms with Crippen molar-refractivity contribution in [2.75, 3.05) is 21.3 Å². The van der Waals surface area contributed by atoms with E-state index in [4.69, 9.17) is 18.9 Å². The van der Waals surface area contributed by atoms with Crippen molar-refractivity contribution >= 4 is 12.0 Å². The molecule has 0 spiro atoms. The zero-order valence-electron chi connectivity index (χ0n) is 16.0. The summed E-state index contributed by atoms with van der Waals surface area (Å²) in [6.45, 7) is 5.85. The van der Waals surface area contributed by atoms with Crippen LogP contribution < -0.4 is 18.9 Å². The van der Waals surface area contributed by atoms with Gasteiger partial charge in [-0.2, -0.15) is 0 Å². The maximum absolute atomic E-state index is 12.2. The van der Waals surface area contributed by atoms with Crippen LogP contribution in [0.4, 0.5) is 0 Å². The molecule has 0 unspecified atom stereocenters. The molecule has 0 aliphatic rings. The Labute approximate surface area is 154 Å². The quantitative estimate of drug-likeness (QED) is 0.440. The Bertz CT molecular complexity index is 788. The Morgan fingerprint density at radius 2 is 1.35 bits per heavy atom. The molecular formula is C21H24O5. The molecule has 0 atom stereocenters. The average Bonchev–Trinajstić information content (AvgIpc) is 2.61. The van der Waals surface area contributed by atoms with Crippen LogP contribution in [-0.2, 0) is 4.79 Å². The summed E-state index contributed by atoms with van der Waals surface area (Å²) in [5.74, 6) is 1.68. The predicted molar refractivity (Wildman–Crippen MR) is 101 cm³/mol. The minimum atomic E-state index is -0.450. The molecule has 0 N–H and O–H groups in total. The van der Waals surface area contributed by atoms with Gasteiger partial charge in [0.2, 0.25) is 5.75 Å². The summed E-state index contributed by atoms with van der Waals surface area (Å²) in [7, 11) is 4.63. The molecule has 2 aromatic carbocycles. The van der Waals surface area contributed by atoms with Crippen LogP contribution in [0.1, 0.15) is 22.3 Å². The van der Waals surface area contributed by atoms with E-state index in [1.54, 1.807) is 39.5 Å². The smallest absolute Gasteiger partial charge is 0.336 e. The SMILES string of the molecule is COc1cc(/C=C/C(=O)Oc2c(C)cc(C)cc2C)cc(OC)c1OC. The molecule has 2 rings (SSSR count). The van der Waals surface area contributed by atoms with Crippen molar-refractivity contribution in [3.63, 3.8) is 0 Å². The van der Waals surface area contributed by atoms with Gasteiger partial charge in [-0.25, -0.2) is 4.79 Å². The van der Waals surface area contributed by atoms with E-state index in [9.17, 15) is 4.79 Å². The van der Waals surface area contributed by atoms with Gasteiger partial charge in [-0.1, -0.05) is 17.7 Å². The fourth-order valence-corrected chi connectivity index (χ4v) is 2.82. The molecule has 0 aliphatic heterocycles. The first-order valence-electron chi connectivity index (χ1n) is 8.17. The zero-order chi connectivity index (χ0) is 19.3. The van der Waals surface area contributed by atoms with E-state index in [2.05, 4.69) is 0 Å². The van der Waals surface area contributed by atoms with E-state index in [1.807, 2.05) is 32.9 Å². The fourth-order valence-electron chi connectivity index (χ4n) is 2.82. The Kier molecular flexibility index (Phi) is 6.28. The first-order valence-corrected chi connectivity index (χ1v) is 8.17. The Morgan fingerprint density at radius 3 is 1.81 bits per heavy atom. The lowest BCUT2D eigenvalue weighted by Crippen LogP contribution is -2.06. The molecule has 0 bridgehead atoms. The normalized spacial score (nSPS) is 10.7. The van der Waals surface area contributed by atoms with E-state index in [0.717, 1.165) is 22.3 Å². The fraction of sp³-hybridized carbons (Fsp3) is 0.286. The van der Waals surface area contributed by atoms with Crippen LogP contribution in [-0.4, -0.2) is 27.3 Å². The highest BCUT2D eigenvalue weighted by Crippen LogP contribution is 2.38. The molecule has 0 aliphatic carbocycles. The van der Waals surface area contributed by atoms with Crippen molar-refractivity contribution in [2.45, 2.75) is 20.8 Å². The Balaban J connectivity index is 2.23. The second kappa shape index (κ2) is 8.43. The second-order valence-electron chi connectivity index (χ2n) is 5.94. The van der Waals surface area contributed by atoms with Crippen molar-refractivity contribution in [1.82, 2.24) is 0 Å². The molecule has 0 saturated carbocycles. The monoisotopic (exact) mass is 356 g/mol. The third-order valence-corrected chi connectivity index (χ3v) is 3.91. The summed E-state index contributed by atoms with van der Waals surface area (Å²) in [6.07, 6.45) is 3.02. The van der Waals surface area contributed by atoms with Crippen molar-refractivity contribution in [2.24, 2.45) is 0 Å². The number of ether oxygens (including phenoxy) is 4. The lowest BCUT2D eigenvalue weighted by molar-refractivity contribution is -0.129. The van der Waals surface area contributed by atoms with E-state index in [1.165, 1.54) is 6.08 Å². The van der Waals surface area contributed by atoms with Crippen LogP contribution in [0.3, 0.4) is 0 Å². The summed E-state index contributed by atoms with van der Waals surface area (Å²) in [5, 5.41) is 0. The summed E-state index contributed by atoms with van der Waals surface area (Å²) in [5.41, 5.74) is 3.72. The standard InChI is InChI=1S/C21H24O5/c1-13-9-14(2)20(15(3)10-13)26-19(22)8-7-16-11-17(23-4)21(25-6)18(12-16)24-5/h7-12H,1-6H3/b8-7+. The van der Waals surface area contributed by atoms with Crippen molar-refractivity contribution in [1.29, 1.82) is 0 Å². The van der Waals surface area contributed by atoms with E-state index in [0.29, 0.717) is 23.0 Å². The summed E-state index contributed by atoms with van der Waals surface area (Å²) in [6, 6.07) is 7.48. The van der Waals surface area contributed by atoms with Gasteiger partial charge in [-0.15, -0.1) is 0 Å². The molecule has 0 amide bonds. The first-order chi connectivity index (χ1) is 12.4. The highest BCUT2D eigenvalue weighted by Gasteiger charge is 2.13. The Morgan fingerprint density at radius 1 is 0.808 bits per heavy atom. The zero-order valence-corrected chi connectivity index (χ0v) is 16.0. The highest BCUT2D eigenvalue weighted by molar-refractivity contribution is 5.89. The summed E-state index contributed by atoms with van der Waals surface area (Å²) >= 11 is 0. The number of benzene rings is 2. The number of esters is 1. The van der Waals surface area contributed by atoms with Gasteiger partial charge < -0.3 is 18.9 Å². The third kappa shape index (κ3) is 4.36. The summed E-state index contributed by atoms with van der Waals surface area (Å²) in [4.78, 5) is 12.2. The van der Waals surface area contributed by atoms with Gasteiger partial charge >= 0.3 is 5.97 Å². The molecule has 26 heavy (non-hydrogen) atoms. The van der Waals surface area contributed by atoms with Gasteiger partial charge in [0.1, 0.15) is 5.75 Å². The number of hydrogen-bond acceptors (Lipinski definition) is 5. The lowest BCUT2D eigenvalue weighted by Gasteiger charge is -2.13. The molecule has 138 valence electrons. The maximum atomic E-state index is 12.2. The largest absolute Gasteiger partial charge is 0.493 e. The molecule has 5 nitrogen and oxygen atoms in total. The van der Waals surface area contributed by atoms with Crippen molar-refractivity contribution in [3.05, 3.63) is 52.6 Å². The minimum absolute atomic E-state index is 0.450. The first kappa shape index (κ1) is 19.4. The van der Waals surface area contributed by atoms with Crippen LogP contribution in [0.5, 0.6) is 23.0 Å². The summed E-state index contributed by atoms with van der Waals surface area (Å²) < 4.78 is 21.4. The molecule has 2 aromatic rings. The van der Waals surface area contributed by atoms with E-state index in [-0.39, 0.29) is 0 Å². The number of methoxy groups -OCH3 is 3. The van der Waals surface area contributed by atoms with Gasteiger partial charge in [0.15, 0.2) is 11.5 Å². The minimum Gasteiger partial charge on any atom is -0.493 e. The van der Waals surface area contributed by atoms with Gasteiger partial charge in [0, 0.05) is 6.08 Å². The van der Waals surface area contributed by atoms with Gasteiger partial charge in [0.25, 0.3) is 0 Å². The lowest BCUT2D eigenvalue weighted by atomic mass is 10.1. The number of aryl methyl sites for hydroxylation is 3. The number of rotatable bonds is 6. The molecule has 0 aromatic heterocycles. The van der Waals surface area contributed by atoms with Gasteiger partial charge in [0.05, 0.1) is 21.3 Å². The van der Waals surface area contributed by atoms with Crippen LogP contribution in [0.25, 0.3) is 6.08 Å². The number of carbonyl (C=O) groups excluding carboxylic acids is 1. The van der Waals surface area contributed by atoms with Crippen molar-refractivity contribution < 1.29 is 23.7 Å². The molecule has 0 saturated heterocycles. The van der Waals surface area contributed by atoms with Crippen molar-refractivity contribution in [3.8, 4) is 23.0 Å². The third-order valence-electron chi connectivity index (χ3n) is 3.91. The number of hydrogen-bond donors (Lipinski definition) is 0. The van der Waals surface area contributed by atoms with Gasteiger partial charge in [-0.3, -0.25) is 0 Å². The highest BCUT2D eigenvalue weighted by atomic mass is 16.5. The number of carbonyl (C=O) groups is 1. The predicted octanol–water partition coefficient (Wildman–Crippen LogP) is 4.26. The van der Waals surface area contributed by atoms with Crippen LogP contribution in [0, 0.1) is 20.8 Å². The molecule has 0 heterocycles. The molecule has 0 radical (unpaired) electrons. The second-order valence-corrected chi connectivity index (χ2v) is 5.94. The van der Waals surface area contributed by atoms with Crippen LogP contribution in [0.2, 0.25) is 0 Å². The van der Waals surface area contributed by atoms with E-state index < -0.39 is 5.97 Å². The average molecular weight is 356 g/mol. The van der Waals surface area contributed by atoms with E-state index >= 15 is 0 Å².